The number of rotatable bonds is 11. The van der Waals surface area contributed by atoms with Gasteiger partial charge in [0, 0.05) is 5.56 Å². The van der Waals surface area contributed by atoms with Gasteiger partial charge in [0.25, 0.3) is 0 Å². The SMILES string of the molecule is COc1ccc(/C=C/C(=O)c2ccc(OC)c(OCc3ccccc3)c2)cc1OCc1ccccc1. The van der Waals surface area contributed by atoms with E-state index in [9.17, 15) is 4.79 Å². The average Bonchev–Trinajstić information content (AvgIpc) is 2.94. The summed E-state index contributed by atoms with van der Waals surface area (Å²) in [6.45, 7) is 0.795. The van der Waals surface area contributed by atoms with Crippen molar-refractivity contribution in [2.75, 3.05) is 14.2 Å². The summed E-state index contributed by atoms with van der Waals surface area (Å²) in [5.74, 6) is 2.18. The Kier molecular flexibility index (Phi) is 8.39. The molecule has 4 rings (SSSR count). The van der Waals surface area contributed by atoms with Gasteiger partial charge in [0.2, 0.25) is 0 Å². The van der Waals surface area contributed by atoms with Crippen LogP contribution in [0, 0.1) is 0 Å². The molecule has 0 bridgehead atoms. The van der Waals surface area contributed by atoms with Crippen LogP contribution >= 0.6 is 0 Å². The van der Waals surface area contributed by atoms with Crippen molar-refractivity contribution in [2.45, 2.75) is 13.2 Å². The quantitative estimate of drug-likeness (QED) is 0.175. The molecule has 0 N–H and O–H groups in total. The first-order valence-corrected chi connectivity index (χ1v) is 11.6. The zero-order valence-electron chi connectivity index (χ0n) is 20.3. The summed E-state index contributed by atoms with van der Waals surface area (Å²) < 4.78 is 22.8. The molecule has 0 aliphatic carbocycles. The van der Waals surface area contributed by atoms with Gasteiger partial charge in [-0.1, -0.05) is 72.8 Å². The first kappa shape index (κ1) is 24.6. The Bertz CT molecular complexity index is 1310. The van der Waals surface area contributed by atoms with Crippen molar-refractivity contribution in [3.05, 3.63) is 125 Å². The van der Waals surface area contributed by atoms with Gasteiger partial charge in [-0.3, -0.25) is 4.79 Å². The van der Waals surface area contributed by atoms with Crippen molar-refractivity contribution < 1.29 is 23.7 Å². The third-order valence-corrected chi connectivity index (χ3v) is 5.54. The fourth-order valence-electron chi connectivity index (χ4n) is 3.59. The molecule has 5 nitrogen and oxygen atoms in total. The van der Waals surface area contributed by atoms with E-state index in [1.807, 2.05) is 78.9 Å². The van der Waals surface area contributed by atoms with E-state index in [-0.39, 0.29) is 5.78 Å². The van der Waals surface area contributed by atoms with Crippen molar-refractivity contribution in [2.24, 2.45) is 0 Å². The van der Waals surface area contributed by atoms with Crippen molar-refractivity contribution in [3.8, 4) is 23.0 Å². The van der Waals surface area contributed by atoms with E-state index in [1.54, 1.807) is 38.5 Å². The molecule has 0 amide bonds. The highest BCUT2D eigenvalue weighted by Crippen LogP contribution is 2.31. The maximum Gasteiger partial charge on any atom is 0.185 e. The molecule has 0 unspecified atom stereocenters. The largest absolute Gasteiger partial charge is 0.493 e. The summed E-state index contributed by atoms with van der Waals surface area (Å²) in [6.07, 6.45) is 3.29. The lowest BCUT2D eigenvalue weighted by Crippen LogP contribution is -2.01. The summed E-state index contributed by atoms with van der Waals surface area (Å²) >= 11 is 0. The van der Waals surface area contributed by atoms with Crippen molar-refractivity contribution in [1.82, 2.24) is 0 Å². The Morgan fingerprint density at radius 1 is 0.639 bits per heavy atom. The second kappa shape index (κ2) is 12.3. The smallest absolute Gasteiger partial charge is 0.185 e. The molecule has 0 fully saturated rings. The Balaban J connectivity index is 1.47. The zero-order chi connectivity index (χ0) is 25.2. The maximum absolute atomic E-state index is 12.9. The van der Waals surface area contributed by atoms with Crippen LogP contribution in [0.25, 0.3) is 6.08 Å². The molecule has 0 atom stereocenters. The van der Waals surface area contributed by atoms with Crippen molar-refractivity contribution >= 4 is 11.9 Å². The van der Waals surface area contributed by atoms with E-state index in [1.165, 1.54) is 6.08 Å². The third-order valence-electron chi connectivity index (χ3n) is 5.54. The lowest BCUT2D eigenvalue weighted by atomic mass is 10.1. The number of hydrogen-bond acceptors (Lipinski definition) is 5. The van der Waals surface area contributed by atoms with Crippen LogP contribution in [0.2, 0.25) is 0 Å². The molecule has 0 aliphatic rings. The van der Waals surface area contributed by atoms with Gasteiger partial charge >= 0.3 is 0 Å². The molecule has 0 heterocycles. The molecular formula is C31H28O5. The zero-order valence-corrected chi connectivity index (χ0v) is 20.3. The number of allylic oxidation sites excluding steroid dienone is 1. The summed E-state index contributed by atoms with van der Waals surface area (Å²) in [4.78, 5) is 12.9. The molecule has 5 heteroatoms. The first-order chi connectivity index (χ1) is 17.7. The van der Waals surface area contributed by atoms with Crippen LogP contribution < -0.4 is 18.9 Å². The fraction of sp³-hybridized carbons (Fsp3) is 0.129. The predicted octanol–water partition coefficient (Wildman–Crippen LogP) is 6.76. The van der Waals surface area contributed by atoms with Crippen molar-refractivity contribution in [3.63, 3.8) is 0 Å². The standard InChI is InChI=1S/C31H28O5/c1-33-28-17-14-23(19-30(28)35-21-24-9-5-3-6-10-24)13-16-27(32)26-15-18-29(34-2)31(20-26)36-22-25-11-7-4-8-12-25/h3-20H,21-22H2,1-2H3/b16-13+. The molecule has 4 aromatic rings. The average molecular weight is 481 g/mol. The molecule has 0 aliphatic heterocycles. The second-order valence-electron chi connectivity index (χ2n) is 8.02. The van der Waals surface area contributed by atoms with Crippen LogP contribution in [0.1, 0.15) is 27.0 Å². The normalized spacial score (nSPS) is 10.7. The van der Waals surface area contributed by atoms with Crippen molar-refractivity contribution in [1.29, 1.82) is 0 Å². The van der Waals surface area contributed by atoms with Gasteiger partial charge in [0.05, 0.1) is 14.2 Å². The molecule has 0 saturated heterocycles. The highest BCUT2D eigenvalue weighted by atomic mass is 16.5. The highest BCUT2D eigenvalue weighted by molar-refractivity contribution is 6.07. The summed E-state index contributed by atoms with van der Waals surface area (Å²) in [5, 5.41) is 0. The van der Waals surface area contributed by atoms with Gasteiger partial charge in [-0.15, -0.1) is 0 Å². The number of hydrogen-bond donors (Lipinski definition) is 0. The van der Waals surface area contributed by atoms with E-state index in [0.717, 1.165) is 16.7 Å². The number of ether oxygens (including phenoxy) is 4. The van der Waals surface area contributed by atoms with Crippen LogP contribution in [-0.2, 0) is 13.2 Å². The Hall–Kier alpha value is -4.51. The number of carbonyl (C=O) groups is 1. The summed E-state index contributed by atoms with van der Waals surface area (Å²) in [7, 11) is 3.18. The van der Waals surface area contributed by atoms with Gasteiger partial charge in [0.15, 0.2) is 28.8 Å². The van der Waals surface area contributed by atoms with Gasteiger partial charge in [-0.25, -0.2) is 0 Å². The maximum atomic E-state index is 12.9. The van der Waals surface area contributed by atoms with Gasteiger partial charge in [-0.2, -0.15) is 0 Å². The molecule has 0 radical (unpaired) electrons. The Morgan fingerprint density at radius 2 is 1.17 bits per heavy atom. The predicted molar refractivity (Wildman–Crippen MR) is 141 cm³/mol. The minimum absolute atomic E-state index is 0.148. The van der Waals surface area contributed by atoms with Crippen LogP contribution in [0.5, 0.6) is 23.0 Å². The lowest BCUT2D eigenvalue weighted by molar-refractivity contribution is 0.104. The lowest BCUT2D eigenvalue weighted by Gasteiger charge is -2.12. The number of methoxy groups -OCH3 is 2. The first-order valence-electron chi connectivity index (χ1n) is 11.6. The number of ketones is 1. The van der Waals surface area contributed by atoms with E-state index >= 15 is 0 Å². The van der Waals surface area contributed by atoms with Gasteiger partial charge < -0.3 is 18.9 Å². The third kappa shape index (κ3) is 6.54. The topological polar surface area (TPSA) is 54.0 Å². The minimum atomic E-state index is -0.148. The molecule has 4 aromatic carbocycles. The summed E-state index contributed by atoms with van der Waals surface area (Å²) in [6, 6.07) is 30.5. The highest BCUT2D eigenvalue weighted by Gasteiger charge is 2.11. The summed E-state index contributed by atoms with van der Waals surface area (Å²) in [5.41, 5.74) is 3.41. The fourth-order valence-corrected chi connectivity index (χ4v) is 3.59. The molecule has 0 aromatic heterocycles. The van der Waals surface area contributed by atoms with Crippen LogP contribution in [0.15, 0.2) is 103 Å². The van der Waals surface area contributed by atoms with E-state index in [4.69, 9.17) is 18.9 Å². The molecule has 0 saturated carbocycles. The molecule has 36 heavy (non-hydrogen) atoms. The minimum Gasteiger partial charge on any atom is -0.493 e. The van der Waals surface area contributed by atoms with Crippen LogP contribution in [0.3, 0.4) is 0 Å². The number of benzene rings is 4. The monoisotopic (exact) mass is 480 g/mol. The van der Waals surface area contributed by atoms with E-state index in [0.29, 0.717) is 41.8 Å². The van der Waals surface area contributed by atoms with Gasteiger partial charge in [-0.05, 0) is 53.1 Å². The van der Waals surface area contributed by atoms with Crippen LogP contribution in [0.4, 0.5) is 0 Å². The Morgan fingerprint density at radius 3 is 1.72 bits per heavy atom. The molecular weight excluding hydrogens is 452 g/mol. The molecule has 0 spiro atoms. The van der Waals surface area contributed by atoms with Gasteiger partial charge in [0.1, 0.15) is 13.2 Å². The number of carbonyl (C=O) groups excluding carboxylic acids is 1. The second-order valence-corrected chi connectivity index (χ2v) is 8.02. The van der Waals surface area contributed by atoms with E-state index in [2.05, 4.69) is 0 Å². The van der Waals surface area contributed by atoms with Crippen LogP contribution in [-0.4, -0.2) is 20.0 Å². The molecule has 182 valence electrons. The van der Waals surface area contributed by atoms with E-state index < -0.39 is 0 Å². The Labute approximate surface area is 211 Å².